The SMILES string of the molecule is O=C(O)C1=CC2=C(NC1)c1nc3ccccn3c1CC2. The number of rotatable bonds is 1. The first-order valence-corrected chi connectivity index (χ1v) is 6.61. The molecule has 2 N–H and O–H groups in total. The summed E-state index contributed by atoms with van der Waals surface area (Å²) in [6.07, 6.45) is 5.54. The van der Waals surface area contributed by atoms with Crippen LogP contribution in [0.15, 0.2) is 41.6 Å². The molecule has 3 heterocycles. The molecule has 0 amide bonds. The zero-order valence-electron chi connectivity index (χ0n) is 10.8. The molecule has 100 valence electrons. The molecule has 1 aliphatic carbocycles. The number of pyridine rings is 1. The Balaban J connectivity index is 1.91. The lowest BCUT2D eigenvalue weighted by Crippen LogP contribution is -2.27. The fourth-order valence-corrected chi connectivity index (χ4v) is 2.94. The standard InChI is InChI=1S/C15H13N3O2/c19-15(20)10-7-9-4-5-11-14(13(9)16-8-10)17-12-3-1-2-6-18(11)12/h1-3,6-7,16H,4-5,8H2,(H,19,20). The van der Waals surface area contributed by atoms with Crippen molar-refractivity contribution in [3.05, 3.63) is 53.0 Å². The molecule has 0 saturated heterocycles. The van der Waals surface area contributed by atoms with Crippen molar-refractivity contribution >= 4 is 17.3 Å². The van der Waals surface area contributed by atoms with Gasteiger partial charge in [-0.3, -0.25) is 0 Å². The molecular weight excluding hydrogens is 254 g/mol. The van der Waals surface area contributed by atoms with Gasteiger partial charge in [-0.15, -0.1) is 0 Å². The van der Waals surface area contributed by atoms with E-state index in [9.17, 15) is 4.79 Å². The summed E-state index contributed by atoms with van der Waals surface area (Å²) < 4.78 is 2.11. The number of aliphatic carboxylic acids is 1. The summed E-state index contributed by atoms with van der Waals surface area (Å²) in [7, 11) is 0. The minimum Gasteiger partial charge on any atom is -0.478 e. The summed E-state index contributed by atoms with van der Waals surface area (Å²) in [4.78, 5) is 15.7. The normalized spacial score (nSPS) is 17.3. The average molecular weight is 267 g/mol. The van der Waals surface area contributed by atoms with Gasteiger partial charge in [0.2, 0.25) is 0 Å². The van der Waals surface area contributed by atoms with Gasteiger partial charge in [0, 0.05) is 12.7 Å². The Bertz CT molecular complexity index is 799. The first-order valence-electron chi connectivity index (χ1n) is 6.61. The third-order valence-electron chi connectivity index (χ3n) is 3.90. The Kier molecular flexibility index (Phi) is 2.24. The van der Waals surface area contributed by atoms with Gasteiger partial charge in [0.1, 0.15) is 11.3 Å². The lowest BCUT2D eigenvalue weighted by molar-refractivity contribution is -0.132. The topological polar surface area (TPSA) is 66.6 Å². The molecular formula is C15H13N3O2. The van der Waals surface area contributed by atoms with Crippen LogP contribution in [0.1, 0.15) is 17.8 Å². The average Bonchev–Trinajstić information content (AvgIpc) is 2.85. The van der Waals surface area contributed by atoms with Gasteiger partial charge in [0.15, 0.2) is 0 Å². The predicted molar refractivity (Wildman–Crippen MR) is 74.2 cm³/mol. The van der Waals surface area contributed by atoms with Crippen molar-refractivity contribution in [3.8, 4) is 0 Å². The number of aromatic nitrogens is 2. The van der Waals surface area contributed by atoms with Gasteiger partial charge in [0.05, 0.1) is 17.0 Å². The largest absolute Gasteiger partial charge is 0.478 e. The Morgan fingerprint density at radius 2 is 2.25 bits per heavy atom. The summed E-state index contributed by atoms with van der Waals surface area (Å²) in [5.74, 6) is -0.857. The van der Waals surface area contributed by atoms with Gasteiger partial charge in [-0.2, -0.15) is 0 Å². The molecule has 20 heavy (non-hydrogen) atoms. The number of carbonyl (C=O) groups is 1. The number of nitrogens with zero attached hydrogens (tertiary/aromatic N) is 2. The van der Waals surface area contributed by atoms with Crippen LogP contribution >= 0.6 is 0 Å². The maximum Gasteiger partial charge on any atom is 0.333 e. The Morgan fingerprint density at radius 3 is 3.10 bits per heavy atom. The molecule has 0 saturated carbocycles. The summed E-state index contributed by atoms with van der Waals surface area (Å²) in [6.45, 7) is 0.349. The van der Waals surface area contributed by atoms with Crippen molar-refractivity contribution in [2.75, 3.05) is 6.54 Å². The van der Waals surface area contributed by atoms with Crippen LogP contribution in [0.5, 0.6) is 0 Å². The van der Waals surface area contributed by atoms with Crippen LogP contribution in [0.2, 0.25) is 0 Å². The van der Waals surface area contributed by atoms with E-state index in [0.29, 0.717) is 12.1 Å². The van der Waals surface area contributed by atoms with Gasteiger partial charge in [-0.05, 0) is 36.6 Å². The van der Waals surface area contributed by atoms with Gasteiger partial charge in [-0.25, -0.2) is 9.78 Å². The van der Waals surface area contributed by atoms with E-state index in [0.717, 1.165) is 35.5 Å². The fourth-order valence-electron chi connectivity index (χ4n) is 2.94. The van der Waals surface area contributed by atoms with Crippen molar-refractivity contribution in [2.24, 2.45) is 0 Å². The van der Waals surface area contributed by atoms with Crippen LogP contribution in [0.4, 0.5) is 0 Å². The molecule has 2 aromatic heterocycles. The second kappa shape index (κ2) is 3.96. The molecule has 0 aromatic carbocycles. The maximum absolute atomic E-state index is 11.1. The molecule has 2 aliphatic rings. The van der Waals surface area contributed by atoms with E-state index in [2.05, 4.69) is 14.7 Å². The van der Waals surface area contributed by atoms with Gasteiger partial charge in [-0.1, -0.05) is 6.07 Å². The van der Waals surface area contributed by atoms with E-state index in [4.69, 9.17) is 5.11 Å². The van der Waals surface area contributed by atoms with E-state index < -0.39 is 5.97 Å². The molecule has 2 aromatic rings. The van der Waals surface area contributed by atoms with Crippen molar-refractivity contribution < 1.29 is 9.90 Å². The fraction of sp³-hybridized carbons (Fsp3) is 0.200. The second-order valence-electron chi connectivity index (χ2n) is 5.06. The number of imidazole rings is 1. The molecule has 4 rings (SSSR count). The highest BCUT2D eigenvalue weighted by molar-refractivity contribution is 5.90. The smallest absolute Gasteiger partial charge is 0.333 e. The minimum atomic E-state index is -0.857. The van der Waals surface area contributed by atoms with Crippen LogP contribution in [0.25, 0.3) is 11.3 Å². The number of fused-ring (bicyclic) bond motifs is 4. The first kappa shape index (κ1) is 11.3. The number of dihydropyridines is 1. The molecule has 0 bridgehead atoms. The van der Waals surface area contributed by atoms with Crippen molar-refractivity contribution in [1.29, 1.82) is 0 Å². The van der Waals surface area contributed by atoms with Crippen LogP contribution < -0.4 is 5.32 Å². The van der Waals surface area contributed by atoms with E-state index in [1.165, 1.54) is 5.69 Å². The van der Waals surface area contributed by atoms with Crippen molar-refractivity contribution in [3.63, 3.8) is 0 Å². The maximum atomic E-state index is 11.1. The molecule has 0 atom stereocenters. The molecule has 1 aliphatic heterocycles. The van der Waals surface area contributed by atoms with E-state index in [1.54, 1.807) is 6.08 Å². The summed E-state index contributed by atoms with van der Waals surface area (Å²) in [6, 6.07) is 5.95. The highest BCUT2D eigenvalue weighted by atomic mass is 16.4. The summed E-state index contributed by atoms with van der Waals surface area (Å²) in [5.41, 5.74) is 5.53. The quantitative estimate of drug-likeness (QED) is 0.823. The van der Waals surface area contributed by atoms with Gasteiger partial charge >= 0.3 is 5.97 Å². The molecule has 0 spiro atoms. The molecule has 0 fully saturated rings. The number of carboxylic acids is 1. The number of nitrogens with one attached hydrogen (secondary N) is 1. The number of hydrogen-bond acceptors (Lipinski definition) is 3. The summed E-state index contributed by atoms with van der Waals surface area (Å²) >= 11 is 0. The third-order valence-corrected chi connectivity index (χ3v) is 3.90. The lowest BCUT2D eigenvalue weighted by atomic mass is 9.92. The number of aryl methyl sites for hydroxylation is 1. The van der Waals surface area contributed by atoms with Gasteiger partial charge < -0.3 is 14.8 Å². The zero-order chi connectivity index (χ0) is 13.7. The number of carboxylic acid groups (broad SMARTS) is 1. The predicted octanol–water partition coefficient (Wildman–Crippen LogP) is 1.61. The van der Waals surface area contributed by atoms with Gasteiger partial charge in [0.25, 0.3) is 0 Å². The highest BCUT2D eigenvalue weighted by Gasteiger charge is 2.26. The monoisotopic (exact) mass is 267 g/mol. The highest BCUT2D eigenvalue weighted by Crippen LogP contribution is 2.33. The third kappa shape index (κ3) is 1.49. The van der Waals surface area contributed by atoms with Crippen LogP contribution in [-0.4, -0.2) is 27.0 Å². The van der Waals surface area contributed by atoms with Crippen molar-refractivity contribution in [1.82, 2.24) is 14.7 Å². The second-order valence-corrected chi connectivity index (χ2v) is 5.06. The first-order chi connectivity index (χ1) is 9.74. The molecule has 5 heteroatoms. The molecule has 5 nitrogen and oxygen atoms in total. The molecule has 0 radical (unpaired) electrons. The van der Waals surface area contributed by atoms with Crippen LogP contribution in [0, 0.1) is 0 Å². The van der Waals surface area contributed by atoms with E-state index >= 15 is 0 Å². The Labute approximate surface area is 115 Å². The number of allylic oxidation sites excluding steroid dienone is 2. The Morgan fingerprint density at radius 1 is 1.35 bits per heavy atom. The minimum absolute atomic E-state index is 0.349. The van der Waals surface area contributed by atoms with Crippen LogP contribution in [0.3, 0.4) is 0 Å². The zero-order valence-corrected chi connectivity index (χ0v) is 10.8. The van der Waals surface area contributed by atoms with E-state index in [1.807, 2.05) is 24.4 Å². The molecule has 0 unspecified atom stereocenters. The Hall–Kier alpha value is -2.56. The lowest BCUT2D eigenvalue weighted by Gasteiger charge is -2.24. The number of hydrogen-bond donors (Lipinski definition) is 2. The van der Waals surface area contributed by atoms with Crippen LogP contribution in [-0.2, 0) is 11.2 Å². The summed E-state index contributed by atoms with van der Waals surface area (Å²) in [5, 5.41) is 12.3. The van der Waals surface area contributed by atoms with E-state index in [-0.39, 0.29) is 0 Å². The van der Waals surface area contributed by atoms with Crippen molar-refractivity contribution in [2.45, 2.75) is 12.8 Å².